The first kappa shape index (κ1) is 15.4. The zero-order chi connectivity index (χ0) is 18.4. The first-order chi connectivity index (χ1) is 13.3. The molecule has 0 radical (unpaired) electrons. The summed E-state index contributed by atoms with van der Waals surface area (Å²) in [6, 6.07) is 25.0. The SMILES string of the molecule is N#Cc1cccc2[nH]cc(C3(c4ccccc4)Nc4ccccc4C3=O)c12. The Morgan fingerprint density at radius 2 is 1.67 bits per heavy atom. The van der Waals surface area contributed by atoms with Crippen molar-refractivity contribution in [2.24, 2.45) is 0 Å². The summed E-state index contributed by atoms with van der Waals surface area (Å²) in [6.45, 7) is 0. The normalized spacial score (nSPS) is 18.1. The summed E-state index contributed by atoms with van der Waals surface area (Å²) < 4.78 is 0. The lowest BCUT2D eigenvalue weighted by molar-refractivity contribution is 0.0941. The average Bonchev–Trinajstić information content (AvgIpc) is 3.29. The summed E-state index contributed by atoms with van der Waals surface area (Å²) >= 11 is 0. The summed E-state index contributed by atoms with van der Waals surface area (Å²) in [5, 5.41) is 13.9. The van der Waals surface area contributed by atoms with Gasteiger partial charge in [-0.3, -0.25) is 4.79 Å². The molecule has 5 rings (SSSR count). The lowest BCUT2D eigenvalue weighted by atomic mass is 9.79. The molecule has 4 nitrogen and oxygen atoms in total. The molecule has 2 N–H and O–H groups in total. The van der Waals surface area contributed by atoms with E-state index in [9.17, 15) is 10.1 Å². The van der Waals surface area contributed by atoms with Crippen molar-refractivity contribution in [3.05, 3.63) is 101 Å². The lowest BCUT2D eigenvalue weighted by Crippen LogP contribution is -2.39. The second-order valence-electron chi connectivity index (χ2n) is 6.66. The number of anilines is 1. The fourth-order valence-corrected chi connectivity index (χ4v) is 4.06. The first-order valence-electron chi connectivity index (χ1n) is 8.74. The number of nitriles is 1. The maximum Gasteiger partial charge on any atom is 0.199 e. The molecule has 2 heterocycles. The van der Waals surface area contributed by atoms with Gasteiger partial charge in [-0.15, -0.1) is 0 Å². The molecular formula is C23H15N3O. The molecule has 4 aromatic rings. The Hall–Kier alpha value is -3.84. The molecule has 4 heteroatoms. The number of carbonyl (C=O) groups is 1. The van der Waals surface area contributed by atoms with Crippen LogP contribution in [0.4, 0.5) is 5.69 Å². The Balaban J connectivity index is 1.88. The van der Waals surface area contributed by atoms with E-state index in [-0.39, 0.29) is 5.78 Å². The van der Waals surface area contributed by atoms with Crippen LogP contribution in [0.2, 0.25) is 0 Å². The third kappa shape index (κ3) is 2.00. The number of nitrogens with one attached hydrogen (secondary N) is 2. The van der Waals surface area contributed by atoms with Gasteiger partial charge in [0.1, 0.15) is 0 Å². The Morgan fingerprint density at radius 1 is 0.889 bits per heavy atom. The van der Waals surface area contributed by atoms with Crippen LogP contribution in [-0.2, 0) is 5.54 Å². The van der Waals surface area contributed by atoms with E-state index < -0.39 is 5.54 Å². The van der Waals surface area contributed by atoms with Gasteiger partial charge in [0, 0.05) is 33.9 Å². The molecule has 0 amide bonds. The van der Waals surface area contributed by atoms with Crippen LogP contribution < -0.4 is 5.32 Å². The van der Waals surface area contributed by atoms with Gasteiger partial charge in [-0.2, -0.15) is 5.26 Å². The van der Waals surface area contributed by atoms with Crippen LogP contribution in [0.3, 0.4) is 0 Å². The van der Waals surface area contributed by atoms with Gasteiger partial charge < -0.3 is 10.3 Å². The van der Waals surface area contributed by atoms with Gasteiger partial charge in [0.05, 0.1) is 11.6 Å². The number of hydrogen-bond donors (Lipinski definition) is 2. The number of nitrogens with zero attached hydrogens (tertiary/aromatic N) is 1. The monoisotopic (exact) mass is 349 g/mol. The van der Waals surface area contributed by atoms with Crippen LogP contribution in [-0.4, -0.2) is 10.8 Å². The van der Waals surface area contributed by atoms with Crippen molar-refractivity contribution >= 4 is 22.4 Å². The molecule has 1 atom stereocenters. The predicted molar refractivity (Wildman–Crippen MR) is 105 cm³/mol. The van der Waals surface area contributed by atoms with Gasteiger partial charge in [-0.1, -0.05) is 48.5 Å². The van der Waals surface area contributed by atoms with Gasteiger partial charge in [0.25, 0.3) is 0 Å². The zero-order valence-corrected chi connectivity index (χ0v) is 14.4. The Kier molecular flexibility index (Phi) is 3.19. The molecule has 0 fully saturated rings. The molecule has 0 spiro atoms. The molecule has 0 saturated carbocycles. The summed E-state index contributed by atoms with van der Waals surface area (Å²) in [7, 11) is 0. The third-order valence-electron chi connectivity index (χ3n) is 5.27. The van der Waals surface area contributed by atoms with E-state index in [0.717, 1.165) is 27.7 Å². The van der Waals surface area contributed by atoms with Crippen LogP contribution in [0.1, 0.15) is 27.0 Å². The van der Waals surface area contributed by atoms with Crippen molar-refractivity contribution in [1.82, 2.24) is 4.98 Å². The van der Waals surface area contributed by atoms with E-state index in [0.29, 0.717) is 11.1 Å². The molecule has 0 bridgehead atoms. The van der Waals surface area contributed by atoms with Gasteiger partial charge in [0.15, 0.2) is 11.3 Å². The molecule has 1 aliphatic heterocycles. The minimum atomic E-state index is -1.07. The highest BCUT2D eigenvalue weighted by Gasteiger charge is 2.49. The van der Waals surface area contributed by atoms with E-state index in [2.05, 4.69) is 16.4 Å². The van der Waals surface area contributed by atoms with Crippen molar-refractivity contribution in [3.8, 4) is 6.07 Å². The number of hydrogen-bond acceptors (Lipinski definition) is 3. The predicted octanol–water partition coefficient (Wildman–Crippen LogP) is 4.59. The van der Waals surface area contributed by atoms with Crippen molar-refractivity contribution in [1.29, 1.82) is 5.26 Å². The molecule has 3 aromatic carbocycles. The maximum absolute atomic E-state index is 13.7. The molecule has 1 aliphatic rings. The highest BCUT2D eigenvalue weighted by atomic mass is 16.1. The van der Waals surface area contributed by atoms with E-state index in [1.807, 2.05) is 72.9 Å². The van der Waals surface area contributed by atoms with Crippen molar-refractivity contribution < 1.29 is 4.79 Å². The van der Waals surface area contributed by atoms with E-state index >= 15 is 0 Å². The molecule has 128 valence electrons. The number of Topliss-reactive ketones (excluding diaryl/α,β-unsaturated/α-hetero) is 1. The molecule has 27 heavy (non-hydrogen) atoms. The average molecular weight is 349 g/mol. The molecule has 1 unspecified atom stereocenters. The standard InChI is InChI=1S/C23H15N3O/c24-13-15-7-6-12-20-21(15)18(14-25-20)23(16-8-2-1-3-9-16)22(27)17-10-4-5-11-19(17)26-23/h1-12,14,25-26H. The van der Waals surface area contributed by atoms with Crippen LogP contribution in [0.15, 0.2) is 79.0 Å². The van der Waals surface area contributed by atoms with Crippen LogP contribution in [0.5, 0.6) is 0 Å². The van der Waals surface area contributed by atoms with Crippen molar-refractivity contribution in [2.75, 3.05) is 5.32 Å². The molecule has 0 aliphatic carbocycles. The fraction of sp³-hybridized carbons (Fsp3) is 0.0435. The Labute approximate surface area is 156 Å². The molecular weight excluding hydrogens is 334 g/mol. The summed E-state index contributed by atoms with van der Waals surface area (Å²) in [5.41, 5.74) is 3.38. The minimum Gasteiger partial charge on any atom is -0.365 e. The number of rotatable bonds is 2. The van der Waals surface area contributed by atoms with E-state index in [1.165, 1.54) is 0 Å². The van der Waals surface area contributed by atoms with Crippen LogP contribution in [0, 0.1) is 11.3 Å². The molecule has 0 saturated heterocycles. The summed E-state index contributed by atoms with van der Waals surface area (Å²) in [4.78, 5) is 16.9. The first-order valence-corrected chi connectivity index (χ1v) is 8.74. The number of benzene rings is 3. The second kappa shape index (κ2) is 5.58. The second-order valence-corrected chi connectivity index (χ2v) is 6.66. The van der Waals surface area contributed by atoms with Crippen LogP contribution in [0.25, 0.3) is 10.9 Å². The van der Waals surface area contributed by atoms with E-state index in [4.69, 9.17) is 0 Å². The quantitative estimate of drug-likeness (QED) is 0.556. The Morgan fingerprint density at radius 3 is 2.44 bits per heavy atom. The van der Waals surface area contributed by atoms with Crippen molar-refractivity contribution in [3.63, 3.8) is 0 Å². The van der Waals surface area contributed by atoms with Gasteiger partial charge >= 0.3 is 0 Å². The zero-order valence-electron chi connectivity index (χ0n) is 14.4. The fourth-order valence-electron chi connectivity index (χ4n) is 4.06. The third-order valence-corrected chi connectivity index (χ3v) is 5.27. The number of fused-ring (bicyclic) bond motifs is 2. The summed E-state index contributed by atoms with van der Waals surface area (Å²) in [5.74, 6) is -0.0158. The lowest BCUT2D eigenvalue weighted by Gasteiger charge is -2.29. The van der Waals surface area contributed by atoms with Gasteiger partial charge in [0.2, 0.25) is 0 Å². The van der Waals surface area contributed by atoms with Gasteiger partial charge in [-0.05, 0) is 29.8 Å². The van der Waals surface area contributed by atoms with Gasteiger partial charge in [-0.25, -0.2) is 0 Å². The number of aromatic nitrogens is 1. The largest absolute Gasteiger partial charge is 0.365 e. The number of carbonyl (C=O) groups excluding carboxylic acids is 1. The van der Waals surface area contributed by atoms with Crippen LogP contribution >= 0.6 is 0 Å². The van der Waals surface area contributed by atoms with E-state index in [1.54, 1.807) is 6.07 Å². The topological polar surface area (TPSA) is 68.7 Å². The smallest absolute Gasteiger partial charge is 0.199 e. The number of para-hydroxylation sites is 1. The molecule has 1 aromatic heterocycles. The summed E-state index contributed by atoms with van der Waals surface area (Å²) in [6.07, 6.45) is 1.84. The highest BCUT2D eigenvalue weighted by Crippen LogP contribution is 2.46. The number of H-pyrrole nitrogens is 1. The number of aromatic amines is 1. The number of ketones is 1. The van der Waals surface area contributed by atoms with Crippen molar-refractivity contribution in [2.45, 2.75) is 5.54 Å². The maximum atomic E-state index is 13.7. The Bertz CT molecular complexity index is 1230. The minimum absolute atomic E-state index is 0.0158. The highest BCUT2D eigenvalue weighted by molar-refractivity contribution is 6.17.